The molecule has 1 aromatic carbocycles. The van der Waals surface area contributed by atoms with E-state index < -0.39 is 24.6 Å². The van der Waals surface area contributed by atoms with Crippen LogP contribution in [0.4, 0.5) is 0 Å². The SMILES string of the molecule is COC(=O)C1(P(=O)(OC)OC)CC1C(=O)c1ccccc1. The molecule has 1 aliphatic rings. The molecule has 21 heavy (non-hydrogen) atoms. The number of carbonyl (C=O) groups excluding carboxylic acids is 2. The van der Waals surface area contributed by atoms with Crippen molar-refractivity contribution in [3.8, 4) is 0 Å². The maximum absolute atomic E-state index is 12.7. The number of benzene rings is 1. The van der Waals surface area contributed by atoms with Crippen LogP contribution < -0.4 is 0 Å². The molecule has 1 aliphatic carbocycles. The van der Waals surface area contributed by atoms with Gasteiger partial charge in [0.15, 0.2) is 10.9 Å². The van der Waals surface area contributed by atoms with Gasteiger partial charge in [0.1, 0.15) is 0 Å². The summed E-state index contributed by atoms with van der Waals surface area (Å²) in [5.41, 5.74) is 0.451. The molecule has 1 saturated carbocycles. The molecule has 0 saturated heterocycles. The minimum absolute atomic E-state index is 0.0896. The fourth-order valence-corrected chi connectivity index (χ4v) is 4.60. The number of rotatable bonds is 6. The standard InChI is InChI=1S/C14H17O6P/c1-18-13(16)14(21(17,19-2)20-3)9-11(14)12(15)10-7-5-4-6-8-10/h4-8,11H,9H2,1-3H3. The van der Waals surface area contributed by atoms with Crippen LogP contribution in [0.5, 0.6) is 0 Å². The first-order chi connectivity index (χ1) is 9.96. The highest BCUT2D eigenvalue weighted by Crippen LogP contribution is 2.74. The van der Waals surface area contributed by atoms with Gasteiger partial charge < -0.3 is 13.8 Å². The Hall–Kier alpha value is -1.49. The molecule has 2 atom stereocenters. The van der Waals surface area contributed by atoms with Crippen LogP contribution in [-0.4, -0.2) is 38.2 Å². The van der Waals surface area contributed by atoms with Crippen molar-refractivity contribution in [3.63, 3.8) is 0 Å². The Bertz CT molecular complexity index is 591. The van der Waals surface area contributed by atoms with Gasteiger partial charge in [0.2, 0.25) is 0 Å². The second-order valence-corrected chi connectivity index (χ2v) is 7.29. The van der Waals surface area contributed by atoms with Crippen molar-refractivity contribution in [2.75, 3.05) is 21.3 Å². The predicted molar refractivity (Wildman–Crippen MR) is 75.3 cm³/mol. The summed E-state index contributed by atoms with van der Waals surface area (Å²) in [5, 5.41) is -1.54. The molecular formula is C14H17O6P. The van der Waals surface area contributed by atoms with Gasteiger partial charge in [-0.1, -0.05) is 30.3 Å². The third-order valence-corrected chi connectivity index (χ3v) is 6.43. The van der Waals surface area contributed by atoms with Crippen molar-refractivity contribution in [2.45, 2.75) is 11.6 Å². The van der Waals surface area contributed by atoms with Gasteiger partial charge in [-0.05, 0) is 6.42 Å². The normalized spacial score (nSPS) is 24.4. The van der Waals surface area contributed by atoms with Gasteiger partial charge >= 0.3 is 13.6 Å². The van der Waals surface area contributed by atoms with Gasteiger partial charge in [-0.3, -0.25) is 14.2 Å². The summed E-state index contributed by atoms with van der Waals surface area (Å²) in [6.07, 6.45) is 0.0896. The lowest BCUT2D eigenvalue weighted by atomic mass is 10.1. The molecule has 0 amide bonds. The molecule has 0 spiro atoms. The Kier molecular flexibility index (Phi) is 4.33. The highest BCUT2D eigenvalue weighted by atomic mass is 31.2. The van der Waals surface area contributed by atoms with Crippen LogP contribution in [0, 0.1) is 5.92 Å². The number of ketones is 1. The lowest BCUT2D eigenvalue weighted by Crippen LogP contribution is -2.30. The number of ether oxygens (including phenoxy) is 1. The quantitative estimate of drug-likeness (QED) is 0.455. The molecule has 0 heterocycles. The molecule has 2 unspecified atom stereocenters. The summed E-state index contributed by atoms with van der Waals surface area (Å²) >= 11 is 0. The maximum atomic E-state index is 12.7. The van der Waals surface area contributed by atoms with E-state index in [4.69, 9.17) is 13.8 Å². The number of Topliss-reactive ketones (excluding diaryl/α,β-unsaturated/α-hetero) is 1. The molecule has 2 rings (SSSR count). The minimum Gasteiger partial charge on any atom is -0.468 e. The van der Waals surface area contributed by atoms with E-state index in [0.29, 0.717) is 5.56 Å². The summed E-state index contributed by atoms with van der Waals surface area (Å²) in [6, 6.07) is 8.52. The van der Waals surface area contributed by atoms with Crippen molar-refractivity contribution in [1.29, 1.82) is 0 Å². The Morgan fingerprint density at radius 3 is 2.19 bits per heavy atom. The minimum atomic E-state index is -3.77. The van der Waals surface area contributed by atoms with Crippen LogP contribution in [0.15, 0.2) is 30.3 Å². The number of esters is 1. The zero-order chi connectivity index (χ0) is 15.7. The van der Waals surface area contributed by atoms with Crippen LogP contribution in [0.2, 0.25) is 0 Å². The summed E-state index contributed by atoms with van der Waals surface area (Å²) in [5.74, 6) is -1.78. The molecule has 1 fully saturated rings. The zero-order valence-corrected chi connectivity index (χ0v) is 13.0. The second-order valence-electron chi connectivity index (χ2n) is 4.77. The van der Waals surface area contributed by atoms with Gasteiger partial charge in [-0.15, -0.1) is 0 Å². The third-order valence-electron chi connectivity index (χ3n) is 3.81. The van der Waals surface area contributed by atoms with Crippen LogP contribution in [0.3, 0.4) is 0 Å². The first kappa shape index (κ1) is 15.9. The average Bonchev–Trinajstić information content (AvgIpc) is 3.30. The van der Waals surface area contributed by atoms with Crippen molar-refractivity contribution < 1.29 is 27.9 Å². The molecular weight excluding hydrogens is 295 g/mol. The van der Waals surface area contributed by atoms with E-state index in [1.807, 2.05) is 0 Å². The molecule has 114 valence electrons. The van der Waals surface area contributed by atoms with E-state index in [1.165, 1.54) is 21.3 Å². The van der Waals surface area contributed by atoms with E-state index >= 15 is 0 Å². The van der Waals surface area contributed by atoms with Crippen LogP contribution in [-0.2, 0) is 23.1 Å². The summed E-state index contributed by atoms with van der Waals surface area (Å²) in [4.78, 5) is 24.6. The fourth-order valence-electron chi connectivity index (χ4n) is 2.58. The topological polar surface area (TPSA) is 78.9 Å². The summed E-state index contributed by atoms with van der Waals surface area (Å²) in [6.45, 7) is 0. The first-order valence-corrected chi connectivity index (χ1v) is 7.90. The largest absolute Gasteiger partial charge is 0.468 e. The highest BCUT2D eigenvalue weighted by Gasteiger charge is 2.76. The van der Waals surface area contributed by atoms with Gasteiger partial charge in [0, 0.05) is 19.8 Å². The Morgan fingerprint density at radius 1 is 1.14 bits per heavy atom. The van der Waals surface area contributed by atoms with E-state index in [1.54, 1.807) is 30.3 Å². The molecule has 0 aliphatic heterocycles. The van der Waals surface area contributed by atoms with E-state index in [-0.39, 0.29) is 12.2 Å². The van der Waals surface area contributed by atoms with Crippen molar-refractivity contribution in [3.05, 3.63) is 35.9 Å². The molecule has 6 nitrogen and oxygen atoms in total. The molecule has 0 N–H and O–H groups in total. The summed E-state index contributed by atoms with van der Waals surface area (Å²) < 4.78 is 27.3. The van der Waals surface area contributed by atoms with Crippen LogP contribution >= 0.6 is 7.60 Å². The van der Waals surface area contributed by atoms with Gasteiger partial charge in [-0.2, -0.15) is 0 Å². The predicted octanol–water partition coefficient (Wildman–Crippen LogP) is 2.29. The van der Waals surface area contributed by atoms with Crippen molar-refractivity contribution in [2.24, 2.45) is 5.92 Å². The van der Waals surface area contributed by atoms with Gasteiger partial charge in [0.25, 0.3) is 0 Å². The third kappa shape index (κ3) is 2.33. The number of methoxy groups -OCH3 is 1. The maximum Gasteiger partial charge on any atom is 0.348 e. The Morgan fingerprint density at radius 2 is 1.71 bits per heavy atom. The summed E-state index contributed by atoms with van der Waals surface area (Å²) in [7, 11) is -0.205. The highest BCUT2D eigenvalue weighted by molar-refractivity contribution is 7.57. The lowest BCUT2D eigenvalue weighted by molar-refractivity contribution is -0.141. The van der Waals surface area contributed by atoms with E-state index in [0.717, 1.165) is 0 Å². The Labute approximate surface area is 122 Å². The molecule has 7 heteroatoms. The second kappa shape index (κ2) is 5.72. The van der Waals surface area contributed by atoms with Crippen LogP contribution in [0.25, 0.3) is 0 Å². The zero-order valence-electron chi connectivity index (χ0n) is 12.1. The Balaban J connectivity index is 2.38. The monoisotopic (exact) mass is 312 g/mol. The van der Waals surface area contributed by atoms with Gasteiger partial charge in [-0.25, -0.2) is 0 Å². The molecule has 0 bridgehead atoms. The smallest absolute Gasteiger partial charge is 0.348 e. The van der Waals surface area contributed by atoms with Crippen molar-refractivity contribution in [1.82, 2.24) is 0 Å². The van der Waals surface area contributed by atoms with E-state index in [9.17, 15) is 14.2 Å². The number of hydrogen-bond acceptors (Lipinski definition) is 6. The van der Waals surface area contributed by atoms with E-state index in [2.05, 4.69) is 0 Å². The number of carbonyl (C=O) groups is 2. The molecule has 0 aromatic heterocycles. The molecule has 0 radical (unpaired) electrons. The number of hydrogen-bond donors (Lipinski definition) is 0. The lowest BCUT2D eigenvalue weighted by Gasteiger charge is -2.22. The fraction of sp³-hybridized carbons (Fsp3) is 0.429. The first-order valence-electron chi connectivity index (χ1n) is 6.36. The average molecular weight is 312 g/mol. The molecule has 1 aromatic rings. The van der Waals surface area contributed by atoms with Gasteiger partial charge in [0.05, 0.1) is 13.0 Å². The van der Waals surface area contributed by atoms with Crippen molar-refractivity contribution >= 4 is 19.3 Å². The van der Waals surface area contributed by atoms with Crippen LogP contribution in [0.1, 0.15) is 16.8 Å².